The maximum Gasteiger partial charge on any atom is 0.121 e. The molecule has 0 saturated carbocycles. The number of aliphatic hydroxyl groups is 1. The van der Waals surface area contributed by atoms with Crippen molar-refractivity contribution in [3.8, 4) is 6.07 Å². The van der Waals surface area contributed by atoms with Crippen LogP contribution in [-0.2, 0) is 0 Å². The SMILES string of the molecule is N#Cc1ccc(C(O)c2ccncn2)cc1. The lowest BCUT2D eigenvalue weighted by Crippen LogP contribution is -2.02. The summed E-state index contributed by atoms with van der Waals surface area (Å²) < 4.78 is 0. The number of benzene rings is 1. The quantitative estimate of drug-likeness (QED) is 0.815. The van der Waals surface area contributed by atoms with Crippen LogP contribution in [0.4, 0.5) is 0 Å². The molecule has 0 aliphatic rings. The first-order chi connectivity index (χ1) is 7.81. The van der Waals surface area contributed by atoms with Crippen LogP contribution in [0.1, 0.15) is 22.9 Å². The van der Waals surface area contributed by atoms with E-state index in [0.29, 0.717) is 16.8 Å². The average molecular weight is 211 g/mol. The summed E-state index contributed by atoms with van der Waals surface area (Å²) in [5.74, 6) is 0. The number of aromatic nitrogens is 2. The zero-order valence-electron chi connectivity index (χ0n) is 8.41. The van der Waals surface area contributed by atoms with Crippen molar-refractivity contribution in [2.24, 2.45) is 0 Å². The molecule has 0 bridgehead atoms. The van der Waals surface area contributed by atoms with Gasteiger partial charge in [0, 0.05) is 6.20 Å². The molecule has 78 valence electrons. The Kier molecular flexibility index (Phi) is 2.90. The fraction of sp³-hybridized carbons (Fsp3) is 0.0833. The van der Waals surface area contributed by atoms with E-state index in [9.17, 15) is 5.11 Å². The Morgan fingerprint density at radius 2 is 1.94 bits per heavy atom. The van der Waals surface area contributed by atoms with E-state index in [2.05, 4.69) is 9.97 Å². The van der Waals surface area contributed by atoms with Gasteiger partial charge in [-0.25, -0.2) is 9.97 Å². The molecule has 1 unspecified atom stereocenters. The Labute approximate surface area is 92.8 Å². The van der Waals surface area contributed by atoms with Gasteiger partial charge in [0.1, 0.15) is 12.4 Å². The third-order valence-electron chi connectivity index (χ3n) is 2.24. The molecule has 1 heterocycles. The van der Waals surface area contributed by atoms with Crippen LogP contribution in [0.3, 0.4) is 0 Å². The summed E-state index contributed by atoms with van der Waals surface area (Å²) in [6, 6.07) is 10.4. The molecule has 1 aromatic heterocycles. The summed E-state index contributed by atoms with van der Waals surface area (Å²) >= 11 is 0. The maximum absolute atomic E-state index is 9.98. The van der Waals surface area contributed by atoms with Gasteiger partial charge in [0.2, 0.25) is 0 Å². The Balaban J connectivity index is 2.28. The molecule has 0 saturated heterocycles. The van der Waals surface area contributed by atoms with Gasteiger partial charge in [0.15, 0.2) is 0 Å². The molecule has 0 fully saturated rings. The standard InChI is InChI=1S/C12H9N3O/c13-7-9-1-3-10(4-2-9)12(16)11-5-6-14-8-15-11/h1-6,8,12,16H. The van der Waals surface area contributed by atoms with Crippen LogP contribution < -0.4 is 0 Å². The van der Waals surface area contributed by atoms with Gasteiger partial charge >= 0.3 is 0 Å². The minimum Gasteiger partial charge on any atom is -0.382 e. The number of nitrogens with zero attached hydrogens (tertiary/aromatic N) is 3. The van der Waals surface area contributed by atoms with E-state index >= 15 is 0 Å². The predicted molar refractivity (Wildman–Crippen MR) is 57.3 cm³/mol. The summed E-state index contributed by atoms with van der Waals surface area (Å²) in [6.45, 7) is 0. The third kappa shape index (κ3) is 2.05. The summed E-state index contributed by atoms with van der Waals surface area (Å²) in [5, 5.41) is 18.6. The fourth-order valence-electron chi connectivity index (χ4n) is 1.37. The highest BCUT2D eigenvalue weighted by atomic mass is 16.3. The molecule has 1 aromatic carbocycles. The fourth-order valence-corrected chi connectivity index (χ4v) is 1.37. The van der Waals surface area contributed by atoms with E-state index in [1.54, 1.807) is 36.5 Å². The second-order valence-electron chi connectivity index (χ2n) is 3.27. The highest BCUT2D eigenvalue weighted by Gasteiger charge is 2.10. The molecule has 2 aromatic rings. The zero-order chi connectivity index (χ0) is 11.4. The van der Waals surface area contributed by atoms with Crippen molar-refractivity contribution in [2.75, 3.05) is 0 Å². The molecular formula is C12H9N3O. The topological polar surface area (TPSA) is 69.8 Å². The molecule has 0 radical (unpaired) electrons. The van der Waals surface area contributed by atoms with Crippen LogP contribution in [-0.4, -0.2) is 15.1 Å². The molecule has 0 aliphatic carbocycles. The van der Waals surface area contributed by atoms with Crippen molar-refractivity contribution in [3.05, 3.63) is 59.7 Å². The smallest absolute Gasteiger partial charge is 0.121 e. The Morgan fingerprint density at radius 1 is 1.19 bits per heavy atom. The van der Waals surface area contributed by atoms with Crippen molar-refractivity contribution in [1.82, 2.24) is 9.97 Å². The van der Waals surface area contributed by atoms with Gasteiger partial charge < -0.3 is 5.11 Å². The normalized spacial score (nSPS) is 11.8. The summed E-state index contributed by atoms with van der Waals surface area (Å²) in [7, 11) is 0. The van der Waals surface area contributed by atoms with Gasteiger partial charge in [0.25, 0.3) is 0 Å². The Hall–Kier alpha value is -2.25. The van der Waals surface area contributed by atoms with Crippen LogP contribution >= 0.6 is 0 Å². The van der Waals surface area contributed by atoms with Gasteiger partial charge in [-0.15, -0.1) is 0 Å². The lowest BCUT2D eigenvalue weighted by Gasteiger charge is -2.09. The van der Waals surface area contributed by atoms with Crippen molar-refractivity contribution in [1.29, 1.82) is 5.26 Å². The molecule has 0 aliphatic heterocycles. The van der Waals surface area contributed by atoms with Crippen LogP contribution in [0.5, 0.6) is 0 Å². The molecular weight excluding hydrogens is 202 g/mol. The highest BCUT2D eigenvalue weighted by molar-refractivity contribution is 5.34. The molecule has 16 heavy (non-hydrogen) atoms. The van der Waals surface area contributed by atoms with Crippen LogP contribution in [0.15, 0.2) is 42.9 Å². The van der Waals surface area contributed by atoms with Gasteiger partial charge in [-0.05, 0) is 23.8 Å². The van der Waals surface area contributed by atoms with Gasteiger partial charge in [0.05, 0.1) is 17.3 Å². The molecule has 4 heteroatoms. The number of nitriles is 1. The molecule has 4 nitrogen and oxygen atoms in total. The minimum atomic E-state index is -0.782. The summed E-state index contributed by atoms with van der Waals surface area (Å²) in [6.07, 6.45) is 2.19. The number of hydrogen-bond acceptors (Lipinski definition) is 4. The molecule has 2 rings (SSSR count). The third-order valence-corrected chi connectivity index (χ3v) is 2.24. The summed E-state index contributed by atoms with van der Waals surface area (Å²) in [5.41, 5.74) is 1.82. The minimum absolute atomic E-state index is 0.541. The van der Waals surface area contributed by atoms with E-state index in [0.717, 1.165) is 0 Å². The van der Waals surface area contributed by atoms with E-state index < -0.39 is 6.10 Å². The molecule has 0 spiro atoms. The first kappa shape index (κ1) is 10.3. The number of aliphatic hydroxyl groups excluding tert-OH is 1. The highest BCUT2D eigenvalue weighted by Crippen LogP contribution is 2.19. The van der Waals surface area contributed by atoms with Crippen LogP contribution in [0.2, 0.25) is 0 Å². The lowest BCUT2D eigenvalue weighted by molar-refractivity contribution is 0.215. The Morgan fingerprint density at radius 3 is 2.50 bits per heavy atom. The van der Waals surface area contributed by atoms with Crippen molar-refractivity contribution >= 4 is 0 Å². The van der Waals surface area contributed by atoms with Crippen molar-refractivity contribution < 1.29 is 5.11 Å². The zero-order valence-corrected chi connectivity index (χ0v) is 8.41. The van der Waals surface area contributed by atoms with Gasteiger partial charge in [-0.2, -0.15) is 5.26 Å². The first-order valence-electron chi connectivity index (χ1n) is 4.75. The molecule has 1 N–H and O–H groups in total. The second-order valence-corrected chi connectivity index (χ2v) is 3.27. The maximum atomic E-state index is 9.98. The molecule has 1 atom stereocenters. The van der Waals surface area contributed by atoms with E-state index in [4.69, 9.17) is 5.26 Å². The lowest BCUT2D eigenvalue weighted by atomic mass is 10.0. The first-order valence-corrected chi connectivity index (χ1v) is 4.75. The second kappa shape index (κ2) is 4.51. The average Bonchev–Trinajstić information content (AvgIpc) is 2.39. The number of rotatable bonds is 2. The van der Waals surface area contributed by atoms with Crippen LogP contribution in [0.25, 0.3) is 0 Å². The predicted octanol–water partition coefficient (Wildman–Crippen LogP) is 1.43. The van der Waals surface area contributed by atoms with Crippen molar-refractivity contribution in [3.63, 3.8) is 0 Å². The van der Waals surface area contributed by atoms with Gasteiger partial charge in [-0.3, -0.25) is 0 Å². The largest absolute Gasteiger partial charge is 0.382 e. The van der Waals surface area contributed by atoms with Crippen LogP contribution in [0, 0.1) is 11.3 Å². The monoisotopic (exact) mass is 211 g/mol. The van der Waals surface area contributed by atoms with E-state index in [-0.39, 0.29) is 0 Å². The Bertz CT molecular complexity index is 502. The van der Waals surface area contributed by atoms with Gasteiger partial charge in [-0.1, -0.05) is 12.1 Å². The molecule has 0 amide bonds. The summed E-state index contributed by atoms with van der Waals surface area (Å²) in [4.78, 5) is 7.76. The van der Waals surface area contributed by atoms with E-state index in [1.165, 1.54) is 6.33 Å². The van der Waals surface area contributed by atoms with E-state index in [1.807, 2.05) is 6.07 Å². The number of hydrogen-bond donors (Lipinski definition) is 1. The van der Waals surface area contributed by atoms with Crippen molar-refractivity contribution in [2.45, 2.75) is 6.10 Å².